The van der Waals surface area contributed by atoms with E-state index in [0.717, 1.165) is 12.1 Å². The molecule has 0 fully saturated rings. The van der Waals surface area contributed by atoms with Crippen LogP contribution in [0.2, 0.25) is 0 Å². The zero-order valence-corrected chi connectivity index (χ0v) is 10.2. The van der Waals surface area contributed by atoms with Crippen LogP contribution in [0.5, 0.6) is 0 Å². The average molecular weight is 250 g/mol. The van der Waals surface area contributed by atoms with E-state index in [2.05, 4.69) is 20.6 Å². The Bertz CT molecular complexity index is 558. The van der Waals surface area contributed by atoms with Crippen LogP contribution in [-0.2, 0) is 20.0 Å². The Hall–Kier alpha value is -2.25. The molecule has 2 heterocycles. The van der Waals surface area contributed by atoms with Gasteiger partial charge in [0.05, 0.1) is 12.2 Å². The summed E-state index contributed by atoms with van der Waals surface area (Å²) in [5, 5.41) is 24.4. The second-order valence-corrected chi connectivity index (χ2v) is 3.98. The highest BCUT2D eigenvalue weighted by Crippen LogP contribution is 2.10. The molecule has 0 amide bonds. The fraction of sp³-hybridized carbons (Fsp3) is 0.500. The monoisotopic (exact) mass is 250 g/mol. The van der Waals surface area contributed by atoms with Gasteiger partial charge in [-0.1, -0.05) is 23.8 Å². The molecule has 0 aliphatic heterocycles. The molecule has 0 aromatic carbocycles. The highest BCUT2D eigenvalue weighted by molar-refractivity contribution is 5.86. The van der Waals surface area contributed by atoms with Gasteiger partial charge < -0.3 is 5.11 Å². The van der Waals surface area contributed by atoms with E-state index in [1.807, 2.05) is 6.92 Å². The van der Waals surface area contributed by atoms with Crippen LogP contribution < -0.4 is 0 Å². The first-order valence-corrected chi connectivity index (χ1v) is 5.62. The molecule has 18 heavy (non-hydrogen) atoms. The summed E-state index contributed by atoms with van der Waals surface area (Å²) in [7, 11) is 1.77. The van der Waals surface area contributed by atoms with Gasteiger partial charge in [0.1, 0.15) is 5.69 Å². The van der Waals surface area contributed by atoms with Crippen molar-refractivity contribution in [1.29, 1.82) is 0 Å². The summed E-state index contributed by atoms with van der Waals surface area (Å²) < 4.78 is 3.15. The number of aromatic carboxylic acids is 1. The number of carboxylic acid groups (broad SMARTS) is 1. The summed E-state index contributed by atoms with van der Waals surface area (Å²) >= 11 is 0. The molecule has 0 spiro atoms. The molecule has 0 aliphatic rings. The summed E-state index contributed by atoms with van der Waals surface area (Å²) in [5.41, 5.74) is 1.35. The van der Waals surface area contributed by atoms with Gasteiger partial charge in [-0.3, -0.25) is 4.68 Å². The molecule has 2 rings (SSSR count). The van der Waals surface area contributed by atoms with E-state index in [-0.39, 0.29) is 5.69 Å². The molecule has 0 radical (unpaired) electrons. The lowest BCUT2D eigenvalue weighted by atomic mass is 10.2. The maximum absolute atomic E-state index is 11.0. The zero-order valence-electron chi connectivity index (χ0n) is 10.2. The Morgan fingerprint density at radius 2 is 2.17 bits per heavy atom. The molecule has 96 valence electrons. The predicted molar refractivity (Wildman–Crippen MR) is 61.1 cm³/mol. The van der Waals surface area contributed by atoms with Crippen LogP contribution in [0.3, 0.4) is 0 Å². The van der Waals surface area contributed by atoms with Crippen LogP contribution in [0, 0.1) is 0 Å². The van der Waals surface area contributed by atoms with Gasteiger partial charge in [0.25, 0.3) is 0 Å². The van der Waals surface area contributed by atoms with Crippen molar-refractivity contribution in [2.75, 3.05) is 0 Å². The average Bonchev–Trinajstić information content (AvgIpc) is 2.88. The minimum atomic E-state index is -1.05. The smallest absolute Gasteiger partial charge is 0.358 e. The first-order chi connectivity index (χ1) is 8.61. The van der Waals surface area contributed by atoms with Crippen LogP contribution in [-0.4, -0.2) is 41.1 Å². The highest BCUT2D eigenvalue weighted by atomic mass is 16.4. The second kappa shape index (κ2) is 4.94. The lowest BCUT2D eigenvalue weighted by molar-refractivity contribution is 0.0689. The molecule has 0 unspecified atom stereocenters. The number of carboxylic acids is 1. The Balaban J connectivity index is 2.29. The van der Waals surface area contributed by atoms with Crippen LogP contribution >= 0.6 is 0 Å². The summed E-state index contributed by atoms with van der Waals surface area (Å²) in [4.78, 5) is 11.0. The number of hydrogen-bond donors (Lipinski definition) is 1. The van der Waals surface area contributed by atoms with Crippen molar-refractivity contribution in [1.82, 2.24) is 30.0 Å². The minimum absolute atomic E-state index is 0.0146. The van der Waals surface area contributed by atoms with Gasteiger partial charge in [0.15, 0.2) is 5.69 Å². The first-order valence-electron chi connectivity index (χ1n) is 5.62. The minimum Gasteiger partial charge on any atom is -0.476 e. The van der Waals surface area contributed by atoms with E-state index in [1.54, 1.807) is 22.6 Å². The van der Waals surface area contributed by atoms with E-state index in [0.29, 0.717) is 18.7 Å². The first kappa shape index (κ1) is 12.2. The fourth-order valence-corrected chi connectivity index (χ4v) is 1.73. The Labute approximate surface area is 103 Å². The quantitative estimate of drug-likeness (QED) is 0.808. The van der Waals surface area contributed by atoms with Gasteiger partial charge in [-0.25, -0.2) is 9.48 Å². The Morgan fingerprint density at radius 1 is 1.39 bits per heavy atom. The molecule has 0 atom stereocenters. The number of nitrogens with zero attached hydrogens (tertiary/aromatic N) is 6. The molecule has 8 nitrogen and oxygen atoms in total. The Kier molecular flexibility index (Phi) is 3.35. The largest absolute Gasteiger partial charge is 0.476 e. The van der Waals surface area contributed by atoms with Crippen molar-refractivity contribution in [3.05, 3.63) is 23.3 Å². The van der Waals surface area contributed by atoms with Gasteiger partial charge in [-0.15, -0.1) is 10.2 Å². The highest BCUT2D eigenvalue weighted by Gasteiger charge is 2.18. The molecule has 2 aromatic rings. The lowest BCUT2D eigenvalue weighted by Crippen LogP contribution is -2.09. The molecular weight excluding hydrogens is 236 g/mol. The van der Waals surface area contributed by atoms with Crippen LogP contribution in [0.25, 0.3) is 0 Å². The van der Waals surface area contributed by atoms with Crippen molar-refractivity contribution < 1.29 is 9.90 Å². The van der Waals surface area contributed by atoms with Crippen molar-refractivity contribution in [2.45, 2.75) is 26.3 Å². The molecule has 2 aromatic heterocycles. The standard InChI is InChI=1S/C10H14N6O2/c1-3-4-8-9(10(17)18)12-14-16(8)6-7-5-15(2)13-11-7/h5H,3-4,6H2,1-2H3,(H,17,18). The summed E-state index contributed by atoms with van der Waals surface area (Å²) in [6, 6.07) is 0. The maximum atomic E-state index is 11.0. The molecular formula is C10H14N6O2. The fourth-order valence-electron chi connectivity index (χ4n) is 1.73. The van der Waals surface area contributed by atoms with E-state index >= 15 is 0 Å². The van der Waals surface area contributed by atoms with Gasteiger partial charge in [0.2, 0.25) is 0 Å². The number of aryl methyl sites for hydroxylation is 1. The molecule has 0 aliphatic carbocycles. The van der Waals surface area contributed by atoms with Crippen LogP contribution in [0.15, 0.2) is 6.20 Å². The third kappa shape index (κ3) is 2.36. The van der Waals surface area contributed by atoms with Crippen molar-refractivity contribution in [2.24, 2.45) is 7.05 Å². The topological polar surface area (TPSA) is 98.7 Å². The van der Waals surface area contributed by atoms with Crippen molar-refractivity contribution in [3.8, 4) is 0 Å². The Morgan fingerprint density at radius 3 is 2.72 bits per heavy atom. The summed E-state index contributed by atoms with van der Waals surface area (Å²) in [6.45, 7) is 2.36. The van der Waals surface area contributed by atoms with E-state index in [1.165, 1.54) is 0 Å². The van der Waals surface area contributed by atoms with Crippen molar-refractivity contribution in [3.63, 3.8) is 0 Å². The summed E-state index contributed by atoms with van der Waals surface area (Å²) in [6.07, 6.45) is 3.21. The normalized spacial score (nSPS) is 10.8. The molecule has 0 saturated carbocycles. The van der Waals surface area contributed by atoms with Crippen LogP contribution in [0.1, 0.15) is 35.2 Å². The molecule has 0 bridgehead atoms. The van der Waals surface area contributed by atoms with E-state index in [9.17, 15) is 4.79 Å². The van der Waals surface area contributed by atoms with Crippen molar-refractivity contribution >= 4 is 5.97 Å². The summed E-state index contributed by atoms with van der Waals surface area (Å²) in [5.74, 6) is -1.05. The van der Waals surface area contributed by atoms with Gasteiger partial charge in [0, 0.05) is 13.2 Å². The SMILES string of the molecule is CCCc1c(C(=O)O)nnn1Cc1cn(C)nn1. The second-order valence-electron chi connectivity index (χ2n) is 3.98. The maximum Gasteiger partial charge on any atom is 0.358 e. The van der Waals surface area contributed by atoms with E-state index in [4.69, 9.17) is 5.11 Å². The van der Waals surface area contributed by atoms with Gasteiger partial charge in [-0.2, -0.15) is 0 Å². The zero-order chi connectivity index (χ0) is 13.1. The molecule has 8 heteroatoms. The number of hydrogen-bond acceptors (Lipinski definition) is 5. The third-order valence-corrected chi connectivity index (χ3v) is 2.49. The van der Waals surface area contributed by atoms with E-state index < -0.39 is 5.97 Å². The van der Waals surface area contributed by atoms with Gasteiger partial charge in [-0.05, 0) is 6.42 Å². The predicted octanol–water partition coefficient (Wildman–Crippen LogP) is 0.106. The third-order valence-electron chi connectivity index (χ3n) is 2.49. The number of carbonyl (C=O) groups is 1. The van der Waals surface area contributed by atoms with Gasteiger partial charge >= 0.3 is 5.97 Å². The number of aromatic nitrogens is 6. The number of rotatable bonds is 5. The lowest BCUT2D eigenvalue weighted by Gasteiger charge is -2.03. The molecule has 0 saturated heterocycles. The van der Waals surface area contributed by atoms with Crippen LogP contribution in [0.4, 0.5) is 0 Å². The molecule has 1 N–H and O–H groups in total.